The van der Waals surface area contributed by atoms with E-state index >= 15 is 0 Å². The van der Waals surface area contributed by atoms with Crippen molar-refractivity contribution in [2.45, 2.75) is 0 Å². The largest absolute Gasteiger partial charge is 0.507 e. The van der Waals surface area contributed by atoms with Crippen molar-refractivity contribution in [2.75, 3.05) is 26.7 Å². The Morgan fingerprint density at radius 1 is 1.39 bits per heavy atom. The van der Waals surface area contributed by atoms with Gasteiger partial charge in [0.25, 0.3) is 5.91 Å². The van der Waals surface area contributed by atoms with Crippen LogP contribution >= 0.6 is 22.6 Å². The molecule has 0 saturated carbocycles. The summed E-state index contributed by atoms with van der Waals surface area (Å²) in [6.07, 6.45) is 0. The topological polar surface area (TPSA) is 60.9 Å². The van der Waals surface area contributed by atoms with Gasteiger partial charge in [0, 0.05) is 25.7 Å². The lowest BCUT2D eigenvalue weighted by Gasteiger charge is -2.32. The highest BCUT2D eigenvalue weighted by atomic mass is 127. The summed E-state index contributed by atoms with van der Waals surface area (Å²) in [5.41, 5.74) is 0.408. The number of carbonyl (C=O) groups excluding carboxylic acids is 2. The van der Waals surface area contributed by atoms with Crippen molar-refractivity contribution in [2.24, 2.45) is 0 Å². The summed E-state index contributed by atoms with van der Waals surface area (Å²) < 4.78 is 0.693. The van der Waals surface area contributed by atoms with Crippen molar-refractivity contribution in [1.29, 1.82) is 0 Å². The molecule has 0 bridgehead atoms. The van der Waals surface area contributed by atoms with Gasteiger partial charge in [0.2, 0.25) is 5.91 Å². The van der Waals surface area contributed by atoms with E-state index in [0.29, 0.717) is 22.2 Å². The number of hydrogen-bond donors (Lipinski definition) is 1. The Bertz CT molecular complexity index is 504. The number of benzene rings is 1. The molecule has 1 heterocycles. The Balaban J connectivity index is 2.16. The fraction of sp³-hybridized carbons (Fsp3) is 0.333. The lowest BCUT2D eigenvalue weighted by Crippen LogP contribution is -2.50. The van der Waals surface area contributed by atoms with Gasteiger partial charge >= 0.3 is 0 Å². The molecule has 0 spiro atoms. The highest BCUT2D eigenvalue weighted by Crippen LogP contribution is 2.21. The number of carbonyl (C=O) groups is 2. The maximum atomic E-state index is 12.2. The van der Waals surface area contributed by atoms with Gasteiger partial charge < -0.3 is 14.9 Å². The predicted octanol–water partition coefficient (Wildman–Crippen LogP) is 0.911. The monoisotopic (exact) mass is 360 g/mol. The number of phenolic OH excluding ortho intramolecular Hbond substituents is 1. The normalized spacial score (nSPS) is 16.0. The lowest BCUT2D eigenvalue weighted by molar-refractivity contribution is -0.133. The molecule has 0 unspecified atom stereocenters. The number of phenols is 1. The number of piperazine rings is 1. The summed E-state index contributed by atoms with van der Waals surface area (Å²) in [6.45, 7) is 1.16. The third-order valence-electron chi connectivity index (χ3n) is 2.94. The van der Waals surface area contributed by atoms with Gasteiger partial charge in [0.05, 0.1) is 3.57 Å². The van der Waals surface area contributed by atoms with E-state index in [1.165, 1.54) is 11.0 Å². The van der Waals surface area contributed by atoms with E-state index in [1.54, 1.807) is 24.1 Å². The maximum absolute atomic E-state index is 12.2. The number of aromatic hydroxyl groups is 1. The molecule has 96 valence electrons. The van der Waals surface area contributed by atoms with Gasteiger partial charge in [-0.2, -0.15) is 0 Å². The molecule has 2 amide bonds. The molecule has 0 radical (unpaired) electrons. The molecule has 2 rings (SSSR count). The molecule has 1 aliphatic heterocycles. The van der Waals surface area contributed by atoms with E-state index < -0.39 is 0 Å². The van der Waals surface area contributed by atoms with E-state index in [0.717, 1.165) is 0 Å². The van der Waals surface area contributed by atoms with Crippen LogP contribution in [0.2, 0.25) is 0 Å². The number of amides is 2. The second kappa shape index (κ2) is 5.13. The molecular formula is C12H13IN2O3. The summed E-state index contributed by atoms with van der Waals surface area (Å²) >= 11 is 1.99. The molecular weight excluding hydrogens is 347 g/mol. The van der Waals surface area contributed by atoms with Gasteiger partial charge in [-0.1, -0.05) is 0 Å². The van der Waals surface area contributed by atoms with Crippen molar-refractivity contribution in [1.82, 2.24) is 9.80 Å². The SMILES string of the molecule is CN1CCN(C(=O)c2ccc(I)c(O)c2)CC1=O. The van der Waals surface area contributed by atoms with E-state index in [-0.39, 0.29) is 24.1 Å². The lowest BCUT2D eigenvalue weighted by atomic mass is 10.1. The Morgan fingerprint density at radius 2 is 2.11 bits per heavy atom. The van der Waals surface area contributed by atoms with E-state index in [1.807, 2.05) is 22.6 Å². The molecule has 0 aromatic heterocycles. The molecule has 5 nitrogen and oxygen atoms in total. The van der Waals surface area contributed by atoms with Crippen molar-refractivity contribution >= 4 is 34.4 Å². The van der Waals surface area contributed by atoms with Crippen molar-refractivity contribution < 1.29 is 14.7 Å². The third-order valence-corrected chi connectivity index (χ3v) is 3.85. The molecule has 18 heavy (non-hydrogen) atoms. The summed E-state index contributed by atoms with van der Waals surface area (Å²) in [5.74, 6) is -0.200. The minimum atomic E-state index is -0.219. The fourth-order valence-electron chi connectivity index (χ4n) is 1.76. The molecule has 1 N–H and O–H groups in total. The molecule has 1 fully saturated rings. The van der Waals surface area contributed by atoms with E-state index in [4.69, 9.17) is 0 Å². The van der Waals surface area contributed by atoms with Gasteiger partial charge in [-0.05, 0) is 40.8 Å². The minimum Gasteiger partial charge on any atom is -0.507 e. The summed E-state index contributed by atoms with van der Waals surface area (Å²) in [5, 5.41) is 9.59. The molecule has 0 aliphatic carbocycles. The van der Waals surface area contributed by atoms with Crippen molar-refractivity contribution in [3.63, 3.8) is 0 Å². The third kappa shape index (κ3) is 2.58. The van der Waals surface area contributed by atoms with Gasteiger partial charge in [-0.25, -0.2) is 0 Å². The summed E-state index contributed by atoms with van der Waals surface area (Å²) in [7, 11) is 1.72. The second-order valence-electron chi connectivity index (χ2n) is 4.21. The number of nitrogens with zero attached hydrogens (tertiary/aromatic N) is 2. The first kappa shape index (κ1) is 13.1. The zero-order chi connectivity index (χ0) is 13.3. The van der Waals surface area contributed by atoms with Gasteiger partial charge in [-0.3, -0.25) is 9.59 Å². The van der Waals surface area contributed by atoms with Crippen LogP contribution in [0.3, 0.4) is 0 Å². The standard InChI is InChI=1S/C12H13IN2O3/c1-14-4-5-15(7-11(14)17)12(18)8-2-3-9(13)10(16)6-8/h2-3,6,16H,4-5,7H2,1H3. The highest BCUT2D eigenvalue weighted by Gasteiger charge is 2.25. The smallest absolute Gasteiger partial charge is 0.254 e. The van der Waals surface area contributed by atoms with E-state index in [2.05, 4.69) is 0 Å². The van der Waals surface area contributed by atoms with Crippen LogP contribution < -0.4 is 0 Å². The highest BCUT2D eigenvalue weighted by molar-refractivity contribution is 14.1. The fourth-order valence-corrected chi connectivity index (χ4v) is 2.10. The van der Waals surface area contributed by atoms with Gasteiger partial charge in [-0.15, -0.1) is 0 Å². The van der Waals surface area contributed by atoms with Gasteiger partial charge in [0.1, 0.15) is 12.3 Å². The molecule has 1 aromatic rings. The minimum absolute atomic E-state index is 0.0654. The van der Waals surface area contributed by atoms with Gasteiger partial charge in [0.15, 0.2) is 0 Å². The van der Waals surface area contributed by atoms with Crippen molar-refractivity contribution in [3.05, 3.63) is 27.3 Å². The summed E-state index contributed by atoms with van der Waals surface area (Å²) in [4.78, 5) is 26.8. The number of halogens is 1. The number of hydrogen-bond acceptors (Lipinski definition) is 3. The maximum Gasteiger partial charge on any atom is 0.254 e. The Morgan fingerprint density at radius 3 is 2.72 bits per heavy atom. The first-order valence-corrected chi connectivity index (χ1v) is 6.58. The van der Waals surface area contributed by atoms with Crippen molar-refractivity contribution in [3.8, 4) is 5.75 Å². The van der Waals surface area contributed by atoms with Crippen LogP contribution in [-0.4, -0.2) is 53.4 Å². The molecule has 0 atom stereocenters. The quantitative estimate of drug-likeness (QED) is 0.758. The van der Waals surface area contributed by atoms with Crippen LogP contribution in [0.5, 0.6) is 5.75 Å². The second-order valence-corrected chi connectivity index (χ2v) is 5.37. The average molecular weight is 360 g/mol. The van der Waals surface area contributed by atoms with E-state index in [9.17, 15) is 14.7 Å². The van der Waals surface area contributed by atoms with Crippen LogP contribution in [0.15, 0.2) is 18.2 Å². The van der Waals surface area contributed by atoms with Crippen LogP contribution in [0, 0.1) is 3.57 Å². The van der Waals surface area contributed by atoms with Crippen LogP contribution in [0.1, 0.15) is 10.4 Å². The first-order chi connectivity index (χ1) is 8.49. The Labute approximate surface area is 119 Å². The van der Waals surface area contributed by atoms with Crippen LogP contribution in [-0.2, 0) is 4.79 Å². The predicted molar refractivity (Wildman–Crippen MR) is 74.4 cm³/mol. The molecule has 1 aliphatic rings. The first-order valence-electron chi connectivity index (χ1n) is 5.51. The molecule has 6 heteroatoms. The number of likely N-dealkylation sites (N-methyl/N-ethyl adjacent to an activating group) is 1. The Kier molecular flexibility index (Phi) is 3.74. The van der Waals surface area contributed by atoms with Crippen LogP contribution in [0.25, 0.3) is 0 Å². The zero-order valence-corrected chi connectivity index (χ0v) is 12.0. The molecule has 1 saturated heterocycles. The number of rotatable bonds is 1. The Hall–Kier alpha value is -1.31. The van der Waals surface area contributed by atoms with Crippen LogP contribution in [0.4, 0.5) is 0 Å². The molecule has 1 aromatic carbocycles. The zero-order valence-electron chi connectivity index (χ0n) is 9.89. The summed E-state index contributed by atoms with van der Waals surface area (Å²) in [6, 6.07) is 4.78. The average Bonchev–Trinajstić information content (AvgIpc) is 2.35.